The number of aromatic nitrogens is 1. The number of carbonyl (C=O) groups is 4. The van der Waals surface area contributed by atoms with E-state index < -0.39 is 24.0 Å². The van der Waals surface area contributed by atoms with Gasteiger partial charge in [-0.3, -0.25) is 14.4 Å². The Balaban J connectivity index is 1.74. The van der Waals surface area contributed by atoms with Crippen LogP contribution in [-0.2, 0) is 14.3 Å². The number of nitrogens with one attached hydrogen (secondary N) is 1. The van der Waals surface area contributed by atoms with Gasteiger partial charge in [-0.05, 0) is 31.9 Å². The highest BCUT2D eigenvalue weighted by atomic mass is 16.6. The summed E-state index contributed by atoms with van der Waals surface area (Å²) in [5, 5.41) is 12.5. The Bertz CT molecular complexity index is 1080. The number of carbonyl (C=O) groups excluding carboxylic acids is 3. The average molecular weight is 487 g/mol. The monoisotopic (exact) mass is 486 g/mol. The lowest BCUT2D eigenvalue weighted by Gasteiger charge is -2.36. The topological polar surface area (TPSA) is 138 Å². The number of hydrogen-bond acceptors (Lipinski definition) is 7. The first kappa shape index (κ1) is 25.7. The quantitative estimate of drug-likeness (QED) is 0.548. The van der Waals surface area contributed by atoms with E-state index in [2.05, 4.69) is 10.3 Å². The number of rotatable bonds is 9. The molecular weight excluding hydrogens is 456 g/mol. The number of benzene rings is 1. The van der Waals surface area contributed by atoms with Crippen molar-refractivity contribution >= 4 is 34.8 Å². The molecule has 0 bridgehead atoms. The molecule has 1 aromatic carbocycles. The van der Waals surface area contributed by atoms with E-state index in [0.717, 1.165) is 5.39 Å². The number of methoxy groups -OCH3 is 1. The fourth-order valence-corrected chi connectivity index (χ4v) is 3.92. The standard InChI is InChI=1S/C24H30N4O7/c1-3-35-24(33)28-13-11-27(12-14-28)23(32)18(9-6-10-21(29)30)26-22(31)19-15-20(34-2)16-7-4-5-8-17(16)25-19/h4-5,7-8,15,18H,3,6,9-14H2,1-2H3,(H,26,31)(H,29,30). The van der Waals surface area contributed by atoms with Crippen molar-refractivity contribution in [1.82, 2.24) is 20.1 Å². The van der Waals surface area contributed by atoms with Crippen LogP contribution in [0.3, 0.4) is 0 Å². The summed E-state index contributed by atoms with van der Waals surface area (Å²) in [7, 11) is 1.50. The van der Waals surface area contributed by atoms with Gasteiger partial charge in [0, 0.05) is 44.1 Å². The molecule has 11 heteroatoms. The van der Waals surface area contributed by atoms with E-state index in [9.17, 15) is 19.2 Å². The van der Waals surface area contributed by atoms with Gasteiger partial charge in [-0.15, -0.1) is 0 Å². The summed E-state index contributed by atoms with van der Waals surface area (Å²) in [6, 6.07) is 7.80. The number of carboxylic acid groups (broad SMARTS) is 1. The van der Waals surface area contributed by atoms with Crippen molar-refractivity contribution in [1.29, 1.82) is 0 Å². The molecule has 0 spiro atoms. The number of fused-ring (bicyclic) bond motifs is 1. The SMILES string of the molecule is CCOC(=O)N1CCN(C(=O)C(CCCC(=O)O)NC(=O)c2cc(OC)c3ccccc3n2)CC1. The van der Waals surface area contributed by atoms with Crippen LogP contribution in [0.15, 0.2) is 30.3 Å². The van der Waals surface area contributed by atoms with Gasteiger partial charge < -0.3 is 29.7 Å². The van der Waals surface area contributed by atoms with E-state index in [4.69, 9.17) is 14.6 Å². The zero-order valence-corrected chi connectivity index (χ0v) is 19.9. The van der Waals surface area contributed by atoms with Gasteiger partial charge in [0.15, 0.2) is 0 Å². The van der Waals surface area contributed by atoms with E-state index in [0.29, 0.717) is 24.4 Å². The van der Waals surface area contributed by atoms with Crippen LogP contribution in [0.2, 0.25) is 0 Å². The van der Waals surface area contributed by atoms with Crippen molar-refractivity contribution in [3.05, 3.63) is 36.0 Å². The second-order valence-electron chi connectivity index (χ2n) is 8.05. The van der Waals surface area contributed by atoms with Crippen LogP contribution < -0.4 is 10.1 Å². The van der Waals surface area contributed by atoms with Gasteiger partial charge in [0.2, 0.25) is 5.91 Å². The van der Waals surface area contributed by atoms with Crippen LogP contribution in [0, 0.1) is 0 Å². The maximum Gasteiger partial charge on any atom is 0.409 e. The number of nitrogens with zero attached hydrogens (tertiary/aromatic N) is 3. The summed E-state index contributed by atoms with van der Waals surface area (Å²) >= 11 is 0. The normalized spacial score (nSPS) is 14.3. The largest absolute Gasteiger partial charge is 0.496 e. The number of piperazine rings is 1. The molecule has 1 aromatic heterocycles. The highest BCUT2D eigenvalue weighted by Crippen LogP contribution is 2.25. The summed E-state index contributed by atoms with van der Waals surface area (Å²) in [5.41, 5.74) is 0.657. The van der Waals surface area contributed by atoms with Gasteiger partial charge >= 0.3 is 12.1 Å². The minimum Gasteiger partial charge on any atom is -0.496 e. The molecule has 1 fully saturated rings. The molecule has 2 N–H and O–H groups in total. The first-order valence-corrected chi connectivity index (χ1v) is 11.5. The highest BCUT2D eigenvalue weighted by molar-refractivity contribution is 5.99. The van der Waals surface area contributed by atoms with Gasteiger partial charge in [0.05, 0.1) is 19.2 Å². The Hall–Kier alpha value is -3.89. The summed E-state index contributed by atoms with van der Waals surface area (Å²) in [4.78, 5) is 56.7. The zero-order chi connectivity index (χ0) is 25.4. The van der Waals surface area contributed by atoms with Crippen LogP contribution >= 0.6 is 0 Å². The zero-order valence-electron chi connectivity index (χ0n) is 19.9. The van der Waals surface area contributed by atoms with Gasteiger partial charge in [-0.1, -0.05) is 12.1 Å². The van der Waals surface area contributed by atoms with Crippen LogP contribution in [0.25, 0.3) is 10.9 Å². The van der Waals surface area contributed by atoms with Crippen LogP contribution in [0.5, 0.6) is 5.75 Å². The van der Waals surface area contributed by atoms with Crippen molar-refractivity contribution in [3.8, 4) is 5.75 Å². The van der Waals surface area contributed by atoms with Crippen LogP contribution in [-0.4, -0.2) is 89.7 Å². The molecule has 1 unspecified atom stereocenters. The Labute approximate surface area is 203 Å². The molecule has 11 nitrogen and oxygen atoms in total. The summed E-state index contributed by atoms with van der Waals surface area (Å²) in [6.45, 7) is 3.18. The number of para-hydroxylation sites is 1. The van der Waals surface area contributed by atoms with Gasteiger partial charge in [0.25, 0.3) is 5.91 Å². The molecule has 1 atom stereocenters. The second kappa shape index (κ2) is 12.0. The average Bonchev–Trinajstić information content (AvgIpc) is 2.86. The predicted molar refractivity (Wildman–Crippen MR) is 126 cm³/mol. The third kappa shape index (κ3) is 6.58. The molecule has 0 saturated carbocycles. The molecule has 3 amide bonds. The number of aliphatic carboxylic acids is 1. The lowest BCUT2D eigenvalue weighted by atomic mass is 10.1. The van der Waals surface area contributed by atoms with E-state index in [1.54, 1.807) is 24.0 Å². The van der Waals surface area contributed by atoms with Crippen LogP contribution in [0.4, 0.5) is 4.79 Å². The number of pyridine rings is 1. The molecule has 188 valence electrons. The molecule has 2 aromatic rings. The minimum absolute atomic E-state index is 0.0868. The summed E-state index contributed by atoms with van der Waals surface area (Å²) in [6.07, 6.45) is -0.191. The summed E-state index contributed by atoms with van der Waals surface area (Å²) in [5.74, 6) is -1.40. The smallest absolute Gasteiger partial charge is 0.409 e. The maximum absolute atomic E-state index is 13.3. The second-order valence-corrected chi connectivity index (χ2v) is 8.05. The Morgan fingerprint density at radius 3 is 2.46 bits per heavy atom. The summed E-state index contributed by atoms with van der Waals surface area (Å²) < 4.78 is 10.4. The molecule has 0 radical (unpaired) electrons. The number of hydrogen-bond donors (Lipinski definition) is 2. The molecule has 35 heavy (non-hydrogen) atoms. The molecule has 0 aliphatic carbocycles. The van der Waals surface area contributed by atoms with E-state index >= 15 is 0 Å². The fraction of sp³-hybridized carbons (Fsp3) is 0.458. The van der Waals surface area contributed by atoms with E-state index in [1.807, 2.05) is 12.1 Å². The highest BCUT2D eigenvalue weighted by Gasteiger charge is 2.31. The Morgan fingerprint density at radius 2 is 1.80 bits per heavy atom. The van der Waals surface area contributed by atoms with Crippen molar-refractivity contribution in [3.63, 3.8) is 0 Å². The molecule has 1 aliphatic rings. The third-order valence-electron chi connectivity index (χ3n) is 5.73. The van der Waals surface area contributed by atoms with Crippen molar-refractivity contribution in [2.45, 2.75) is 32.2 Å². The van der Waals surface area contributed by atoms with Crippen molar-refractivity contribution < 1.29 is 33.8 Å². The number of ether oxygens (including phenoxy) is 2. The van der Waals surface area contributed by atoms with E-state index in [1.165, 1.54) is 18.1 Å². The first-order valence-electron chi connectivity index (χ1n) is 11.5. The van der Waals surface area contributed by atoms with Gasteiger partial charge in [-0.25, -0.2) is 9.78 Å². The molecular formula is C24H30N4O7. The molecule has 1 saturated heterocycles. The van der Waals surface area contributed by atoms with Crippen molar-refractivity contribution in [2.24, 2.45) is 0 Å². The Kier molecular flexibility index (Phi) is 8.82. The van der Waals surface area contributed by atoms with E-state index in [-0.39, 0.29) is 50.6 Å². The van der Waals surface area contributed by atoms with Gasteiger partial charge in [0.1, 0.15) is 17.5 Å². The maximum atomic E-state index is 13.3. The molecule has 2 heterocycles. The Morgan fingerprint density at radius 1 is 1.11 bits per heavy atom. The lowest BCUT2D eigenvalue weighted by Crippen LogP contribution is -2.56. The van der Waals surface area contributed by atoms with Crippen molar-refractivity contribution in [2.75, 3.05) is 39.9 Å². The number of amides is 3. The lowest BCUT2D eigenvalue weighted by molar-refractivity contribution is -0.138. The molecule has 3 rings (SSSR count). The first-order chi connectivity index (χ1) is 16.8. The third-order valence-corrected chi connectivity index (χ3v) is 5.73. The fourth-order valence-electron chi connectivity index (χ4n) is 3.92. The molecule has 1 aliphatic heterocycles. The number of carboxylic acids is 1. The minimum atomic E-state index is -0.980. The van der Waals surface area contributed by atoms with Gasteiger partial charge in [-0.2, -0.15) is 0 Å². The predicted octanol–water partition coefficient (Wildman–Crippen LogP) is 1.90. The van der Waals surface area contributed by atoms with Crippen LogP contribution in [0.1, 0.15) is 36.7 Å².